The molecule has 3 rings (SSSR count). The molecule has 1 aliphatic heterocycles. The summed E-state index contributed by atoms with van der Waals surface area (Å²) >= 11 is 0. The van der Waals surface area contributed by atoms with Crippen LogP contribution >= 0.6 is 0 Å². The second-order valence-corrected chi connectivity index (χ2v) is 11.2. The molecule has 2 fully saturated rings. The first-order valence-corrected chi connectivity index (χ1v) is 11.8. The van der Waals surface area contributed by atoms with Gasteiger partial charge in [0.15, 0.2) is 0 Å². The number of carbonyl (C=O) groups excluding carboxylic acids is 2. The molecule has 1 saturated carbocycles. The van der Waals surface area contributed by atoms with E-state index >= 15 is 0 Å². The van der Waals surface area contributed by atoms with Crippen LogP contribution < -0.4 is 10.7 Å². The third-order valence-corrected chi connectivity index (χ3v) is 6.79. The number of hydrogen-bond donors (Lipinski definition) is 1. The third kappa shape index (κ3) is 5.42. The molecule has 2 amide bonds. The maximum atomic E-state index is 13.7. The average Bonchev–Trinajstić information content (AvgIpc) is 2.95. The molecule has 0 spiro atoms. The van der Waals surface area contributed by atoms with Crippen molar-refractivity contribution < 1.29 is 14.3 Å². The zero-order chi connectivity index (χ0) is 23.7. The molecule has 1 aromatic heterocycles. The molecule has 0 aromatic carbocycles. The summed E-state index contributed by atoms with van der Waals surface area (Å²) in [5.41, 5.74) is -0.121. The number of likely N-dealkylation sites (tertiary alicyclic amines) is 1. The quantitative estimate of drug-likeness (QED) is 0.623. The number of carbonyl (C=O) groups is 2. The molecule has 2 heterocycles. The molecule has 1 saturated heterocycles. The van der Waals surface area contributed by atoms with Gasteiger partial charge in [0.2, 0.25) is 5.43 Å². The van der Waals surface area contributed by atoms with Crippen LogP contribution in [0.3, 0.4) is 0 Å². The minimum atomic E-state index is -0.489. The smallest absolute Gasteiger partial charge is 0.259 e. The monoisotopic (exact) mass is 445 g/mol. The van der Waals surface area contributed by atoms with Crippen LogP contribution in [0, 0.1) is 16.7 Å². The van der Waals surface area contributed by atoms with Gasteiger partial charge in [0.1, 0.15) is 11.1 Å². The van der Waals surface area contributed by atoms with E-state index in [1.165, 1.54) is 0 Å². The van der Waals surface area contributed by atoms with Crippen LogP contribution in [0.15, 0.2) is 17.2 Å². The SMILES string of the molecule is COCCNC(=O)c1cn(CCC(C)C)cc(C(=O)N2C[C@@]3(C)C[C@@H]2CC(C)(C)C3)c1=O. The van der Waals surface area contributed by atoms with E-state index in [0.29, 0.717) is 32.2 Å². The average molecular weight is 446 g/mol. The van der Waals surface area contributed by atoms with Gasteiger partial charge in [0.05, 0.1) is 6.61 Å². The van der Waals surface area contributed by atoms with Gasteiger partial charge in [-0.2, -0.15) is 0 Å². The van der Waals surface area contributed by atoms with Crippen LogP contribution in [0.2, 0.25) is 0 Å². The normalized spacial score (nSPS) is 24.1. The lowest BCUT2D eigenvalue weighted by atomic mass is 9.65. The highest BCUT2D eigenvalue weighted by Crippen LogP contribution is 2.52. The van der Waals surface area contributed by atoms with E-state index < -0.39 is 11.3 Å². The van der Waals surface area contributed by atoms with Crippen LogP contribution in [0.1, 0.15) is 81.0 Å². The summed E-state index contributed by atoms with van der Waals surface area (Å²) in [4.78, 5) is 41.6. The lowest BCUT2D eigenvalue weighted by Gasteiger charge is -2.39. The highest BCUT2D eigenvalue weighted by Gasteiger charge is 2.51. The molecule has 32 heavy (non-hydrogen) atoms. The van der Waals surface area contributed by atoms with E-state index in [4.69, 9.17) is 4.74 Å². The van der Waals surface area contributed by atoms with E-state index in [1.807, 2.05) is 9.47 Å². The van der Waals surface area contributed by atoms with E-state index in [0.717, 1.165) is 25.7 Å². The first kappa shape index (κ1) is 24.5. The summed E-state index contributed by atoms with van der Waals surface area (Å²) in [5.74, 6) is -0.243. The molecule has 0 radical (unpaired) electrons. The molecule has 2 bridgehead atoms. The molecule has 2 aliphatic rings. The van der Waals surface area contributed by atoms with E-state index in [9.17, 15) is 14.4 Å². The Bertz CT molecular complexity index is 920. The molecular formula is C25H39N3O4. The van der Waals surface area contributed by atoms with Crippen molar-refractivity contribution in [1.29, 1.82) is 0 Å². The fourth-order valence-corrected chi connectivity index (χ4v) is 5.70. The summed E-state index contributed by atoms with van der Waals surface area (Å²) in [6.45, 7) is 13.0. The second-order valence-electron chi connectivity index (χ2n) is 11.2. The fourth-order valence-electron chi connectivity index (χ4n) is 5.70. The molecule has 178 valence electrons. The summed E-state index contributed by atoms with van der Waals surface area (Å²) in [6.07, 6.45) is 7.10. The van der Waals surface area contributed by atoms with Gasteiger partial charge in [0, 0.05) is 45.2 Å². The summed E-state index contributed by atoms with van der Waals surface area (Å²) in [7, 11) is 1.55. The predicted octanol–water partition coefficient (Wildman–Crippen LogP) is 3.31. The molecular weight excluding hydrogens is 406 g/mol. The second kappa shape index (κ2) is 9.38. The number of aromatic nitrogens is 1. The maximum Gasteiger partial charge on any atom is 0.259 e. The Balaban J connectivity index is 1.94. The number of nitrogens with zero attached hydrogens (tertiary/aromatic N) is 2. The number of aryl methyl sites for hydroxylation is 1. The first-order chi connectivity index (χ1) is 14.9. The van der Waals surface area contributed by atoms with Gasteiger partial charge in [-0.1, -0.05) is 34.6 Å². The number of hydrogen-bond acceptors (Lipinski definition) is 4. The van der Waals surface area contributed by atoms with Crippen molar-refractivity contribution in [2.24, 2.45) is 16.7 Å². The van der Waals surface area contributed by atoms with Gasteiger partial charge in [-0.3, -0.25) is 14.4 Å². The molecule has 0 unspecified atom stereocenters. The molecule has 7 heteroatoms. The van der Waals surface area contributed by atoms with E-state index in [-0.39, 0.29) is 33.9 Å². The van der Waals surface area contributed by atoms with Gasteiger partial charge in [-0.25, -0.2) is 0 Å². The topological polar surface area (TPSA) is 80.6 Å². The Morgan fingerprint density at radius 3 is 2.53 bits per heavy atom. The number of ether oxygens (including phenoxy) is 1. The Labute approximate surface area is 191 Å². The molecule has 1 aromatic rings. The standard InChI is InChI=1S/C25H39N3O4/c1-17(2)7-9-27-13-19(22(30)26-8-10-32-6)21(29)20(14-27)23(31)28-16-25(5)12-18(28)11-24(3,4)15-25/h13-14,17-18H,7-12,15-16H2,1-6H3,(H,26,30)/t18-,25-/m0/s1. The van der Waals surface area contributed by atoms with Crippen LogP contribution in [-0.4, -0.2) is 54.1 Å². The number of fused-ring (bicyclic) bond motifs is 2. The predicted molar refractivity (Wildman–Crippen MR) is 125 cm³/mol. The highest BCUT2D eigenvalue weighted by atomic mass is 16.5. The largest absolute Gasteiger partial charge is 0.383 e. The minimum absolute atomic E-state index is 0.0180. The van der Waals surface area contributed by atoms with Crippen molar-refractivity contribution >= 4 is 11.8 Å². The van der Waals surface area contributed by atoms with E-state index in [1.54, 1.807) is 19.5 Å². The van der Waals surface area contributed by atoms with Gasteiger partial charge < -0.3 is 19.5 Å². The molecule has 2 atom stereocenters. The van der Waals surface area contributed by atoms with Crippen LogP contribution in [-0.2, 0) is 11.3 Å². The summed E-state index contributed by atoms with van der Waals surface area (Å²) in [5, 5.41) is 2.72. The van der Waals surface area contributed by atoms with Crippen molar-refractivity contribution in [3.8, 4) is 0 Å². The molecule has 7 nitrogen and oxygen atoms in total. The van der Waals surface area contributed by atoms with Gasteiger partial charge >= 0.3 is 0 Å². The lowest BCUT2D eigenvalue weighted by Crippen LogP contribution is -2.41. The third-order valence-electron chi connectivity index (χ3n) is 6.79. The van der Waals surface area contributed by atoms with Crippen molar-refractivity contribution in [3.63, 3.8) is 0 Å². The number of amides is 2. The lowest BCUT2D eigenvalue weighted by molar-refractivity contribution is 0.0706. The highest BCUT2D eigenvalue weighted by molar-refractivity contribution is 5.99. The van der Waals surface area contributed by atoms with Crippen LogP contribution in [0.4, 0.5) is 0 Å². The minimum Gasteiger partial charge on any atom is -0.383 e. The van der Waals surface area contributed by atoms with E-state index in [2.05, 4.69) is 39.9 Å². The van der Waals surface area contributed by atoms with Gasteiger partial charge in [-0.15, -0.1) is 0 Å². The van der Waals surface area contributed by atoms with Crippen molar-refractivity contribution in [1.82, 2.24) is 14.8 Å². The zero-order valence-corrected chi connectivity index (χ0v) is 20.5. The Morgan fingerprint density at radius 1 is 1.19 bits per heavy atom. The molecule has 1 aliphatic carbocycles. The Hall–Kier alpha value is -2.15. The first-order valence-electron chi connectivity index (χ1n) is 11.8. The number of rotatable bonds is 8. The van der Waals surface area contributed by atoms with Gasteiger partial charge in [-0.05, 0) is 42.4 Å². The Morgan fingerprint density at radius 2 is 1.88 bits per heavy atom. The van der Waals surface area contributed by atoms with Crippen LogP contribution in [0.5, 0.6) is 0 Å². The van der Waals surface area contributed by atoms with Crippen molar-refractivity contribution in [3.05, 3.63) is 33.7 Å². The zero-order valence-electron chi connectivity index (χ0n) is 20.5. The summed E-state index contributed by atoms with van der Waals surface area (Å²) < 4.78 is 6.81. The fraction of sp³-hybridized carbons (Fsp3) is 0.720. The number of methoxy groups -OCH3 is 1. The summed E-state index contributed by atoms with van der Waals surface area (Å²) in [6, 6.07) is 0.138. The number of nitrogens with one attached hydrogen (secondary N) is 1. The van der Waals surface area contributed by atoms with Crippen molar-refractivity contribution in [2.45, 2.75) is 72.9 Å². The van der Waals surface area contributed by atoms with Gasteiger partial charge in [0.25, 0.3) is 11.8 Å². The van der Waals surface area contributed by atoms with Crippen molar-refractivity contribution in [2.75, 3.05) is 26.8 Å². The maximum absolute atomic E-state index is 13.7. The molecule has 1 N–H and O–H groups in total. The van der Waals surface area contributed by atoms with Crippen LogP contribution in [0.25, 0.3) is 0 Å². The number of pyridine rings is 1. The Kier molecular flexibility index (Phi) is 7.18.